The number of carbonyl (C=O) groups excluding carboxylic acids is 1. The Bertz CT molecular complexity index is 921. The maximum atomic E-state index is 12.4. The van der Waals surface area contributed by atoms with Crippen LogP contribution < -0.4 is 5.32 Å². The Balaban J connectivity index is 1.35. The van der Waals surface area contributed by atoms with Crippen molar-refractivity contribution in [1.82, 2.24) is 34.8 Å². The molecule has 0 atom stereocenters. The van der Waals surface area contributed by atoms with Gasteiger partial charge in [-0.3, -0.25) is 9.48 Å². The highest BCUT2D eigenvalue weighted by atomic mass is 32.1. The largest absolute Gasteiger partial charge is 0.349 e. The lowest BCUT2D eigenvalue weighted by atomic mass is 9.79. The minimum Gasteiger partial charge on any atom is -0.349 e. The standard InChI is InChI=1S/C17H21N7OS/c1-10-15(26-11(2)19-10)17(25)20-13-7-12(8-13)16-22-21-14(23(16)3)9-24-6-4-5-18-24/h4-6,12-13H,7-9H2,1-3H3,(H,20,25). The van der Waals surface area contributed by atoms with Crippen molar-refractivity contribution in [3.8, 4) is 0 Å². The molecule has 26 heavy (non-hydrogen) atoms. The second-order valence-electron chi connectivity index (χ2n) is 6.72. The maximum absolute atomic E-state index is 12.4. The van der Waals surface area contributed by atoms with Crippen molar-refractivity contribution in [2.75, 3.05) is 0 Å². The summed E-state index contributed by atoms with van der Waals surface area (Å²) in [5.74, 6) is 2.16. The molecule has 0 bridgehead atoms. The molecule has 136 valence electrons. The van der Waals surface area contributed by atoms with E-state index in [2.05, 4.69) is 25.6 Å². The summed E-state index contributed by atoms with van der Waals surface area (Å²) < 4.78 is 3.87. The quantitative estimate of drug-likeness (QED) is 0.739. The number of aryl methyl sites for hydroxylation is 2. The second kappa shape index (κ2) is 6.64. The number of nitrogens with zero attached hydrogens (tertiary/aromatic N) is 6. The smallest absolute Gasteiger partial charge is 0.263 e. The summed E-state index contributed by atoms with van der Waals surface area (Å²) >= 11 is 1.45. The van der Waals surface area contributed by atoms with E-state index in [0.717, 1.165) is 35.2 Å². The molecule has 0 radical (unpaired) electrons. The van der Waals surface area contributed by atoms with Gasteiger partial charge in [-0.05, 0) is 32.8 Å². The summed E-state index contributed by atoms with van der Waals surface area (Å²) in [5, 5.41) is 16.9. The van der Waals surface area contributed by atoms with Crippen molar-refractivity contribution in [3.63, 3.8) is 0 Å². The molecule has 3 aromatic rings. The summed E-state index contributed by atoms with van der Waals surface area (Å²) in [6.07, 6.45) is 5.43. The van der Waals surface area contributed by atoms with Gasteiger partial charge in [0, 0.05) is 31.4 Å². The first-order valence-electron chi connectivity index (χ1n) is 8.61. The van der Waals surface area contributed by atoms with E-state index in [0.29, 0.717) is 17.3 Å². The lowest BCUT2D eigenvalue weighted by molar-refractivity contribution is 0.0910. The minimum atomic E-state index is -0.0195. The normalized spacial score (nSPS) is 19.3. The lowest BCUT2D eigenvalue weighted by Crippen LogP contribution is -2.44. The highest BCUT2D eigenvalue weighted by molar-refractivity contribution is 7.13. The number of carbonyl (C=O) groups is 1. The molecular formula is C17H21N7OS. The molecule has 0 aliphatic heterocycles. The average molecular weight is 371 g/mol. The van der Waals surface area contributed by atoms with Crippen LogP contribution in [0.4, 0.5) is 0 Å². The Morgan fingerprint density at radius 3 is 2.81 bits per heavy atom. The summed E-state index contributed by atoms with van der Waals surface area (Å²) in [6.45, 7) is 4.40. The van der Waals surface area contributed by atoms with Crippen LogP contribution in [0.15, 0.2) is 18.5 Å². The van der Waals surface area contributed by atoms with Crippen molar-refractivity contribution in [1.29, 1.82) is 0 Å². The van der Waals surface area contributed by atoms with E-state index in [1.165, 1.54) is 11.3 Å². The van der Waals surface area contributed by atoms with Gasteiger partial charge < -0.3 is 9.88 Å². The molecule has 1 N–H and O–H groups in total. The van der Waals surface area contributed by atoms with Crippen molar-refractivity contribution in [2.45, 2.75) is 45.2 Å². The molecule has 3 heterocycles. The lowest BCUT2D eigenvalue weighted by Gasteiger charge is -2.34. The third-order valence-corrected chi connectivity index (χ3v) is 5.88. The van der Waals surface area contributed by atoms with Crippen LogP contribution in [-0.4, -0.2) is 41.5 Å². The third kappa shape index (κ3) is 3.14. The van der Waals surface area contributed by atoms with Crippen molar-refractivity contribution in [3.05, 3.63) is 45.7 Å². The number of rotatable bonds is 5. The zero-order valence-corrected chi connectivity index (χ0v) is 15.8. The van der Waals surface area contributed by atoms with Crippen molar-refractivity contribution >= 4 is 17.2 Å². The fraction of sp³-hybridized carbons (Fsp3) is 0.471. The minimum absolute atomic E-state index is 0.0195. The van der Waals surface area contributed by atoms with Crippen molar-refractivity contribution < 1.29 is 4.79 Å². The van der Waals surface area contributed by atoms with Gasteiger partial charge in [-0.15, -0.1) is 21.5 Å². The zero-order chi connectivity index (χ0) is 18.3. The Labute approximate surface area is 155 Å². The number of hydrogen-bond donors (Lipinski definition) is 1. The van der Waals surface area contributed by atoms with Crippen LogP contribution in [0.3, 0.4) is 0 Å². The van der Waals surface area contributed by atoms with Gasteiger partial charge in [0.1, 0.15) is 17.2 Å². The molecule has 8 nitrogen and oxygen atoms in total. The summed E-state index contributed by atoms with van der Waals surface area (Å²) in [5.41, 5.74) is 0.803. The van der Waals surface area contributed by atoms with Gasteiger partial charge in [-0.25, -0.2) is 4.98 Å². The predicted octanol–water partition coefficient (Wildman–Crippen LogP) is 1.81. The predicted molar refractivity (Wildman–Crippen MR) is 97.1 cm³/mol. The van der Waals surface area contributed by atoms with Crippen LogP contribution in [0.1, 0.15) is 50.8 Å². The molecule has 0 aromatic carbocycles. The summed E-state index contributed by atoms with van der Waals surface area (Å²) in [6, 6.07) is 2.07. The third-order valence-electron chi connectivity index (χ3n) is 4.81. The van der Waals surface area contributed by atoms with Crippen molar-refractivity contribution in [2.24, 2.45) is 7.05 Å². The Morgan fingerprint density at radius 1 is 1.35 bits per heavy atom. The number of hydrogen-bond acceptors (Lipinski definition) is 6. The Hall–Kier alpha value is -2.55. The van der Waals surface area contributed by atoms with Crippen LogP contribution in [0.5, 0.6) is 0 Å². The molecule has 1 amide bonds. The van der Waals surface area contributed by atoms with E-state index in [1.54, 1.807) is 6.20 Å². The van der Waals surface area contributed by atoms with Gasteiger partial charge in [0.25, 0.3) is 5.91 Å². The average Bonchev–Trinajstić information content (AvgIpc) is 3.27. The topological polar surface area (TPSA) is 90.5 Å². The summed E-state index contributed by atoms with van der Waals surface area (Å²) in [4.78, 5) is 17.4. The van der Waals surface area contributed by atoms with E-state index in [9.17, 15) is 4.79 Å². The molecule has 1 aliphatic carbocycles. The van der Waals surface area contributed by atoms with E-state index < -0.39 is 0 Å². The Morgan fingerprint density at radius 2 is 2.15 bits per heavy atom. The maximum Gasteiger partial charge on any atom is 0.263 e. The fourth-order valence-electron chi connectivity index (χ4n) is 3.35. The molecule has 0 unspecified atom stereocenters. The van der Waals surface area contributed by atoms with E-state index in [1.807, 2.05) is 42.4 Å². The van der Waals surface area contributed by atoms with E-state index >= 15 is 0 Å². The second-order valence-corrected chi connectivity index (χ2v) is 7.93. The van der Waals surface area contributed by atoms with Crippen LogP contribution in [0, 0.1) is 13.8 Å². The van der Waals surface area contributed by atoms with E-state index in [-0.39, 0.29) is 11.9 Å². The molecule has 0 saturated heterocycles. The molecular weight excluding hydrogens is 350 g/mol. The fourth-order valence-corrected chi connectivity index (χ4v) is 4.17. The number of amides is 1. The van der Waals surface area contributed by atoms with Gasteiger partial charge in [0.05, 0.1) is 10.7 Å². The van der Waals surface area contributed by atoms with Crippen LogP contribution in [0.2, 0.25) is 0 Å². The first-order chi connectivity index (χ1) is 12.5. The zero-order valence-electron chi connectivity index (χ0n) is 15.0. The molecule has 3 aromatic heterocycles. The van der Waals surface area contributed by atoms with Gasteiger partial charge >= 0.3 is 0 Å². The molecule has 9 heteroatoms. The monoisotopic (exact) mass is 371 g/mol. The highest BCUT2D eigenvalue weighted by Crippen LogP contribution is 2.36. The van der Waals surface area contributed by atoms with Crippen LogP contribution >= 0.6 is 11.3 Å². The van der Waals surface area contributed by atoms with Gasteiger partial charge in [0.15, 0.2) is 5.82 Å². The van der Waals surface area contributed by atoms with Gasteiger partial charge in [-0.1, -0.05) is 0 Å². The van der Waals surface area contributed by atoms with Gasteiger partial charge in [0.2, 0.25) is 0 Å². The van der Waals surface area contributed by atoms with E-state index in [4.69, 9.17) is 0 Å². The first kappa shape index (κ1) is 16.9. The summed E-state index contributed by atoms with van der Waals surface area (Å²) in [7, 11) is 1.99. The SMILES string of the molecule is Cc1nc(C)c(C(=O)NC2CC(c3nnc(Cn4cccn4)n3C)C2)s1. The number of aromatic nitrogens is 6. The molecule has 1 saturated carbocycles. The Kier molecular flexibility index (Phi) is 4.31. The molecule has 0 spiro atoms. The highest BCUT2D eigenvalue weighted by Gasteiger charge is 2.35. The molecule has 4 rings (SSSR count). The number of thiazole rings is 1. The number of nitrogens with one attached hydrogen (secondary N) is 1. The van der Waals surface area contributed by atoms with Crippen LogP contribution in [-0.2, 0) is 13.6 Å². The molecule has 1 aliphatic rings. The van der Waals surface area contributed by atoms with Crippen LogP contribution in [0.25, 0.3) is 0 Å². The first-order valence-corrected chi connectivity index (χ1v) is 9.43. The molecule has 1 fully saturated rings. The van der Waals surface area contributed by atoms with Gasteiger partial charge in [-0.2, -0.15) is 5.10 Å².